The molecule has 0 aliphatic carbocycles. The number of rotatable bonds is 7. The number of benzene rings is 1. The molecule has 0 saturated carbocycles. The smallest absolute Gasteiger partial charge is 0.265 e. The summed E-state index contributed by atoms with van der Waals surface area (Å²) < 4.78 is 3.39. The molecule has 0 fully saturated rings. The standard InChI is InChI=1S/C21H25N5O2S/c1-3-4-7-10-22-18(27)11-15-13-29-21-24-19-16(20(28)25(15)21)12-23-26(19)17-9-6-5-8-14(17)2/h5-6,8-9,12,15H,3-4,7,10-11,13H2,1-2H3,(H,22,27). The molecule has 7 nitrogen and oxygen atoms in total. The van der Waals surface area contributed by atoms with E-state index in [1.165, 1.54) is 11.8 Å². The van der Waals surface area contributed by atoms with E-state index in [0.29, 0.717) is 34.9 Å². The highest BCUT2D eigenvalue weighted by molar-refractivity contribution is 7.99. The Kier molecular flexibility index (Phi) is 5.71. The summed E-state index contributed by atoms with van der Waals surface area (Å²) in [5.41, 5.74) is 2.40. The molecular formula is C21H25N5O2S. The zero-order valence-electron chi connectivity index (χ0n) is 16.7. The van der Waals surface area contributed by atoms with Gasteiger partial charge >= 0.3 is 0 Å². The van der Waals surface area contributed by atoms with Crippen LogP contribution in [0.3, 0.4) is 0 Å². The fourth-order valence-electron chi connectivity index (χ4n) is 3.65. The topological polar surface area (TPSA) is 81.8 Å². The van der Waals surface area contributed by atoms with Crippen molar-refractivity contribution in [1.82, 2.24) is 24.6 Å². The van der Waals surface area contributed by atoms with Crippen molar-refractivity contribution >= 4 is 28.7 Å². The molecule has 0 bridgehead atoms. The Labute approximate surface area is 173 Å². The second-order valence-electron chi connectivity index (χ2n) is 7.38. The van der Waals surface area contributed by atoms with Crippen LogP contribution in [0.15, 0.2) is 40.4 Å². The number of amides is 1. The van der Waals surface area contributed by atoms with Crippen LogP contribution >= 0.6 is 11.8 Å². The predicted octanol–water partition coefficient (Wildman–Crippen LogP) is 3.23. The number of aryl methyl sites for hydroxylation is 1. The van der Waals surface area contributed by atoms with E-state index in [2.05, 4.69) is 17.3 Å². The summed E-state index contributed by atoms with van der Waals surface area (Å²) in [6, 6.07) is 7.71. The van der Waals surface area contributed by atoms with Gasteiger partial charge in [0.15, 0.2) is 10.8 Å². The predicted molar refractivity (Wildman–Crippen MR) is 115 cm³/mol. The van der Waals surface area contributed by atoms with Crippen LogP contribution in [0, 0.1) is 6.92 Å². The molecule has 1 aromatic carbocycles. The molecule has 0 spiro atoms. The Hall–Kier alpha value is -2.61. The molecule has 1 unspecified atom stereocenters. The maximum absolute atomic E-state index is 13.2. The number of hydrogen-bond donors (Lipinski definition) is 1. The van der Waals surface area contributed by atoms with E-state index in [1.807, 2.05) is 31.2 Å². The quantitative estimate of drug-likeness (QED) is 0.477. The first-order valence-electron chi connectivity index (χ1n) is 10.1. The summed E-state index contributed by atoms with van der Waals surface area (Å²) >= 11 is 1.52. The van der Waals surface area contributed by atoms with Gasteiger partial charge in [-0.05, 0) is 25.0 Å². The minimum atomic E-state index is -0.174. The molecule has 1 aliphatic rings. The molecule has 3 aromatic rings. The highest BCUT2D eigenvalue weighted by atomic mass is 32.2. The number of thioether (sulfide) groups is 1. The van der Waals surface area contributed by atoms with E-state index < -0.39 is 0 Å². The van der Waals surface area contributed by atoms with Gasteiger partial charge < -0.3 is 5.32 Å². The van der Waals surface area contributed by atoms with Gasteiger partial charge in [-0.2, -0.15) is 5.10 Å². The lowest BCUT2D eigenvalue weighted by atomic mass is 10.2. The molecule has 1 N–H and O–H groups in total. The fraction of sp³-hybridized carbons (Fsp3) is 0.429. The first kappa shape index (κ1) is 19.7. The molecule has 1 atom stereocenters. The molecule has 0 saturated heterocycles. The molecule has 0 radical (unpaired) electrons. The number of nitrogens with one attached hydrogen (secondary N) is 1. The summed E-state index contributed by atoms with van der Waals surface area (Å²) in [5, 5.41) is 8.52. The van der Waals surface area contributed by atoms with Crippen LogP contribution in [0.2, 0.25) is 0 Å². The third-order valence-electron chi connectivity index (χ3n) is 5.24. The van der Waals surface area contributed by atoms with Gasteiger partial charge in [0.2, 0.25) is 5.91 Å². The first-order valence-corrected chi connectivity index (χ1v) is 11.0. The van der Waals surface area contributed by atoms with Crippen molar-refractivity contribution < 1.29 is 4.79 Å². The average molecular weight is 412 g/mol. The average Bonchev–Trinajstić information content (AvgIpc) is 3.31. The fourth-order valence-corrected chi connectivity index (χ4v) is 4.78. The second kappa shape index (κ2) is 8.41. The number of fused-ring (bicyclic) bond motifs is 2. The van der Waals surface area contributed by atoms with E-state index in [0.717, 1.165) is 30.5 Å². The van der Waals surface area contributed by atoms with Gasteiger partial charge in [0, 0.05) is 18.7 Å². The lowest BCUT2D eigenvalue weighted by molar-refractivity contribution is -0.121. The van der Waals surface area contributed by atoms with E-state index in [1.54, 1.807) is 15.4 Å². The van der Waals surface area contributed by atoms with Crippen molar-refractivity contribution in [2.24, 2.45) is 0 Å². The van der Waals surface area contributed by atoms with Crippen molar-refractivity contribution in [3.05, 3.63) is 46.4 Å². The van der Waals surface area contributed by atoms with Crippen LogP contribution in [0.5, 0.6) is 0 Å². The van der Waals surface area contributed by atoms with E-state index in [4.69, 9.17) is 4.98 Å². The van der Waals surface area contributed by atoms with Crippen molar-refractivity contribution in [2.45, 2.75) is 50.7 Å². The van der Waals surface area contributed by atoms with Gasteiger partial charge in [0.1, 0.15) is 5.39 Å². The van der Waals surface area contributed by atoms with Crippen LogP contribution in [0.1, 0.15) is 44.2 Å². The Morgan fingerprint density at radius 1 is 1.31 bits per heavy atom. The highest BCUT2D eigenvalue weighted by Gasteiger charge is 2.29. The van der Waals surface area contributed by atoms with Crippen LogP contribution in [-0.4, -0.2) is 37.5 Å². The van der Waals surface area contributed by atoms with Gasteiger partial charge in [0.05, 0.1) is 17.9 Å². The maximum Gasteiger partial charge on any atom is 0.265 e. The molecular weight excluding hydrogens is 386 g/mol. The number of aromatic nitrogens is 4. The molecule has 1 amide bonds. The summed E-state index contributed by atoms with van der Waals surface area (Å²) in [6.45, 7) is 4.83. The molecule has 29 heavy (non-hydrogen) atoms. The molecule has 8 heteroatoms. The SMILES string of the molecule is CCCCCNC(=O)CC1CSc2nc3c(cnn3-c3ccccc3C)c(=O)n21. The van der Waals surface area contributed by atoms with Crippen molar-refractivity contribution in [1.29, 1.82) is 0 Å². The third-order valence-corrected chi connectivity index (χ3v) is 6.34. The minimum Gasteiger partial charge on any atom is -0.356 e. The molecule has 2 aromatic heterocycles. The molecule has 4 rings (SSSR count). The highest BCUT2D eigenvalue weighted by Crippen LogP contribution is 2.33. The van der Waals surface area contributed by atoms with Crippen LogP contribution in [0.4, 0.5) is 0 Å². The Morgan fingerprint density at radius 3 is 2.93 bits per heavy atom. The van der Waals surface area contributed by atoms with Crippen molar-refractivity contribution in [3.63, 3.8) is 0 Å². The van der Waals surface area contributed by atoms with Gasteiger partial charge in [-0.25, -0.2) is 9.67 Å². The lowest BCUT2D eigenvalue weighted by Crippen LogP contribution is -2.31. The zero-order valence-corrected chi connectivity index (χ0v) is 17.5. The molecule has 1 aliphatic heterocycles. The Balaban J connectivity index is 1.61. The number of hydrogen-bond acceptors (Lipinski definition) is 5. The summed E-state index contributed by atoms with van der Waals surface area (Å²) in [5.74, 6) is 0.664. The summed E-state index contributed by atoms with van der Waals surface area (Å²) in [4.78, 5) is 30.2. The van der Waals surface area contributed by atoms with E-state index in [-0.39, 0.29) is 17.5 Å². The van der Waals surface area contributed by atoms with Gasteiger partial charge in [-0.1, -0.05) is 49.7 Å². The number of carbonyl (C=O) groups excluding carboxylic acids is 1. The Morgan fingerprint density at radius 2 is 2.14 bits per heavy atom. The van der Waals surface area contributed by atoms with Gasteiger partial charge in [-0.15, -0.1) is 0 Å². The van der Waals surface area contributed by atoms with Gasteiger partial charge in [0.25, 0.3) is 5.56 Å². The zero-order chi connectivity index (χ0) is 20.4. The lowest BCUT2D eigenvalue weighted by Gasteiger charge is -2.13. The van der Waals surface area contributed by atoms with Crippen LogP contribution in [-0.2, 0) is 4.79 Å². The minimum absolute atomic E-state index is 0.0119. The Bertz CT molecular complexity index is 1100. The summed E-state index contributed by atoms with van der Waals surface area (Å²) in [6.07, 6.45) is 5.09. The number of unbranched alkanes of at least 4 members (excludes halogenated alkanes) is 2. The van der Waals surface area contributed by atoms with Crippen molar-refractivity contribution in [2.75, 3.05) is 12.3 Å². The van der Waals surface area contributed by atoms with E-state index >= 15 is 0 Å². The number of nitrogens with zero attached hydrogens (tertiary/aromatic N) is 4. The third kappa shape index (κ3) is 3.81. The van der Waals surface area contributed by atoms with Crippen LogP contribution in [0.25, 0.3) is 16.7 Å². The summed E-state index contributed by atoms with van der Waals surface area (Å²) in [7, 11) is 0. The first-order chi connectivity index (χ1) is 14.1. The monoisotopic (exact) mass is 411 g/mol. The molecule has 3 heterocycles. The van der Waals surface area contributed by atoms with E-state index in [9.17, 15) is 9.59 Å². The largest absolute Gasteiger partial charge is 0.356 e. The normalized spacial score (nSPS) is 15.6. The van der Waals surface area contributed by atoms with Crippen molar-refractivity contribution in [3.8, 4) is 5.69 Å². The molecule has 152 valence electrons. The number of para-hydroxylation sites is 1. The maximum atomic E-state index is 13.2. The second-order valence-corrected chi connectivity index (χ2v) is 8.36. The van der Waals surface area contributed by atoms with Crippen LogP contribution < -0.4 is 10.9 Å². The number of carbonyl (C=O) groups is 1. The van der Waals surface area contributed by atoms with Gasteiger partial charge in [-0.3, -0.25) is 14.2 Å².